The highest BCUT2D eigenvalue weighted by Crippen LogP contribution is 2.44. The van der Waals surface area contributed by atoms with Gasteiger partial charge in [-0.05, 0) is 67.6 Å². The van der Waals surface area contributed by atoms with Gasteiger partial charge < -0.3 is 5.11 Å². The van der Waals surface area contributed by atoms with E-state index < -0.39 is 45.8 Å². The highest BCUT2D eigenvalue weighted by Gasteiger charge is 2.40. The van der Waals surface area contributed by atoms with E-state index in [1.54, 1.807) is 4.72 Å². The van der Waals surface area contributed by atoms with Crippen molar-refractivity contribution in [2.75, 3.05) is 10.8 Å². The summed E-state index contributed by atoms with van der Waals surface area (Å²) in [7, 11) is -4.28. The normalized spacial score (nSPS) is 23.8. The van der Waals surface area contributed by atoms with Gasteiger partial charge in [-0.25, -0.2) is 22.2 Å². The zero-order valence-corrected chi connectivity index (χ0v) is 16.6. The fraction of sp³-hybridized carbons (Fsp3) is 0.632. The van der Waals surface area contributed by atoms with E-state index in [1.165, 1.54) is 6.07 Å². The van der Waals surface area contributed by atoms with E-state index in [-0.39, 0.29) is 43.1 Å². The van der Waals surface area contributed by atoms with Gasteiger partial charge in [-0.2, -0.15) is 8.42 Å². The molecule has 1 amide bonds. The quantitative estimate of drug-likeness (QED) is 0.724. The molecule has 0 bridgehead atoms. The molecule has 10 heteroatoms. The molecule has 2 fully saturated rings. The van der Waals surface area contributed by atoms with Crippen molar-refractivity contribution in [2.45, 2.75) is 57.3 Å². The third kappa shape index (κ3) is 4.17. The summed E-state index contributed by atoms with van der Waals surface area (Å²) < 4.78 is 69.7. The summed E-state index contributed by atoms with van der Waals surface area (Å²) in [5.41, 5.74) is 0.205. The second-order valence-electron chi connectivity index (χ2n) is 8.38. The van der Waals surface area contributed by atoms with Gasteiger partial charge >= 0.3 is 10.2 Å². The molecular weight excluding hydrogens is 409 g/mol. The first-order valence-corrected chi connectivity index (χ1v) is 11.2. The number of carbonyl (C=O) groups is 1. The van der Waals surface area contributed by atoms with Crippen molar-refractivity contribution in [3.8, 4) is 5.75 Å². The van der Waals surface area contributed by atoms with Crippen molar-refractivity contribution in [3.05, 3.63) is 23.0 Å². The molecule has 1 aromatic rings. The fourth-order valence-electron chi connectivity index (χ4n) is 4.30. The first kappa shape index (κ1) is 20.3. The number of fused-ring (bicyclic) bond motifs is 1. The summed E-state index contributed by atoms with van der Waals surface area (Å²) in [5, 5.41) is 10.2. The van der Waals surface area contributed by atoms with Crippen LogP contribution in [0, 0.1) is 17.7 Å². The zero-order valence-electron chi connectivity index (χ0n) is 15.8. The van der Waals surface area contributed by atoms with E-state index in [0.717, 1.165) is 12.8 Å². The summed E-state index contributed by atoms with van der Waals surface area (Å²) >= 11 is 0. The van der Waals surface area contributed by atoms with Crippen LogP contribution in [-0.2, 0) is 27.8 Å². The van der Waals surface area contributed by atoms with E-state index in [9.17, 15) is 27.1 Å². The largest absolute Gasteiger partial charge is 0.506 e. The molecule has 2 aliphatic carbocycles. The van der Waals surface area contributed by atoms with Crippen molar-refractivity contribution >= 4 is 21.8 Å². The molecule has 1 unspecified atom stereocenters. The van der Waals surface area contributed by atoms with E-state index in [4.69, 9.17) is 0 Å². The lowest BCUT2D eigenvalue weighted by molar-refractivity contribution is -0.117. The van der Waals surface area contributed by atoms with Crippen LogP contribution in [0.15, 0.2) is 6.07 Å². The second-order valence-corrected chi connectivity index (χ2v) is 9.98. The van der Waals surface area contributed by atoms with Gasteiger partial charge in [0, 0.05) is 12.8 Å². The Balaban J connectivity index is 1.54. The number of phenols is 1. The third-order valence-corrected chi connectivity index (χ3v) is 7.38. The Bertz CT molecular complexity index is 947. The lowest BCUT2D eigenvalue weighted by Gasteiger charge is -2.28. The number of rotatable bonds is 6. The Morgan fingerprint density at radius 1 is 1.24 bits per heavy atom. The van der Waals surface area contributed by atoms with Gasteiger partial charge in [0.25, 0.3) is 5.91 Å². The molecule has 1 aliphatic heterocycles. The van der Waals surface area contributed by atoms with Crippen LogP contribution >= 0.6 is 0 Å². The van der Waals surface area contributed by atoms with Crippen LogP contribution < -0.4 is 9.03 Å². The highest BCUT2D eigenvalue weighted by atomic mass is 32.2. The lowest BCUT2D eigenvalue weighted by Crippen LogP contribution is -2.31. The Morgan fingerprint density at radius 2 is 1.97 bits per heavy atom. The van der Waals surface area contributed by atoms with Gasteiger partial charge in [0.1, 0.15) is 18.0 Å². The maximum Gasteiger partial charge on any atom is 0.326 e. The van der Waals surface area contributed by atoms with Crippen molar-refractivity contribution < 1.29 is 31.5 Å². The average molecular weight is 432 g/mol. The van der Waals surface area contributed by atoms with Gasteiger partial charge in [0.05, 0.1) is 0 Å². The first-order valence-electron chi connectivity index (χ1n) is 9.80. The van der Waals surface area contributed by atoms with Crippen molar-refractivity contribution in [1.29, 1.82) is 0 Å². The highest BCUT2D eigenvalue weighted by molar-refractivity contribution is 7.92. The molecule has 1 heterocycles. The van der Waals surface area contributed by atoms with Gasteiger partial charge in [0.2, 0.25) is 5.92 Å². The molecule has 6 nitrogen and oxygen atoms in total. The van der Waals surface area contributed by atoms with Crippen LogP contribution in [0.3, 0.4) is 0 Å². The average Bonchev–Trinajstić information content (AvgIpc) is 3.37. The summed E-state index contributed by atoms with van der Waals surface area (Å²) in [5.74, 6) is -5.02. The van der Waals surface area contributed by atoms with Crippen LogP contribution in [0.1, 0.15) is 49.7 Å². The Kier molecular flexibility index (Phi) is 4.95. The predicted octanol–water partition coefficient (Wildman–Crippen LogP) is 3.03. The summed E-state index contributed by atoms with van der Waals surface area (Å²) in [6, 6.07) is 1.31. The van der Waals surface area contributed by atoms with Crippen molar-refractivity contribution in [2.24, 2.45) is 11.8 Å². The number of aromatic hydroxyl groups is 1. The molecule has 3 aliphatic rings. The molecule has 1 saturated carbocycles. The maximum atomic E-state index is 15.2. The number of benzene rings is 1. The molecule has 29 heavy (non-hydrogen) atoms. The van der Waals surface area contributed by atoms with E-state index in [1.807, 2.05) is 0 Å². The van der Waals surface area contributed by atoms with Crippen molar-refractivity contribution in [1.82, 2.24) is 4.72 Å². The number of carbonyl (C=O) groups excluding carboxylic acids is 1. The molecule has 1 aromatic carbocycles. The van der Waals surface area contributed by atoms with Gasteiger partial charge in [0.15, 0.2) is 5.82 Å². The number of anilines is 1. The molecule has 1 saturated heterocycles. The molecule has 2 N–H and O–H groups in total. The molecule has 0 radical (unpaired) electrons. The smallest absolute Gasteiger partial charge is 0.326 e. The minimum atomic E-state index is -4.28. The summed E-state index contributed by atoms with van der Waals surface area (Å²) in [4.78, 5) is 11.5. The number of nitrogens with one attached hydrogen (secondary N) is 1. The Hall–Kier alpha value is -1.97. The second kappa shape index (κ2) is 7.07. The zero-order chi connectivity index (χ0) is 21.0. The van der Waals surface area contributed by atoms with Gasteiger partial charge in [-0.3, -0.25) is 4.79 Å². The molecule has 0 spiro atoms. The van der Waals surface area contributed by atoms with E-state index in [0.29, 0.717) is 22.7 Å². The predicted molar refractivity (Wildman–Crippen MR) is 99.5 cm³/mol. The molecule has 1 atom stereocenters. The Morgan fingerprint density at radius 3 is 2.59 bits per heavy atom. The minimum Gasteiger partial charge on any atom is -0.506 e. The third-order valence-electron chi connectivity index (χ3n) is 6.00. The number of nitrogens with zero attached hydrogens (tertiary/aromatic N) is 1. The van der Waals surface area contributed by atoms with Crippen LogP contribution in [0.25, 0.3) is 0 Å². The number of phenolic OH excluding ortho intramolecular Hbond substituents is 1. The van der Waals surface area contributed by atoms with E-state index in [2.05, 4.69) is 0 Å². The number of amides is 1. The van der Waals surface area contributed by atoms with Crippen LogP contribution in [-0.4, -0.2) is 31.9 Å². The lowest BCUT2D eigenvalue weighted by atomic mass is 9.80. The minimum absolute atomic E-state index is 0.0868. The standard InChI is InChI=1S/C19H23F3N2O4S/c20-17-14-7-11(5-6-19(21,22)9-12-1-2-12)3-4-13(14)8-15(25)18(17)24-10-16(26)23-29(24,27)28/h8,11-12,25H,1-7,9-10H2,(H,23,26). The summed E-state index contributed by atoms with van der Waals surface area (Å²) in [6.07, 6.45) is 2.88. The van der Waals surface area contributed by atoms with Crippen molar-refractivity contribution in [3.63, 3.8) is 0 Å². The van der Waals surface area contributed by atoms with Crippen LogP contribution in [0.2, 0.25) is 0 Å². The van der Waals surface area contributed by atoms with Gasteiger partial charge in [-0.1, -0.05) is 0 Å². The maximum absolute atomic E-state index is 15.2. The number of alkyl halides is 2. The van der Waals surface area contributed by atoms with Crippen LogP contribution in [0.5, 0.6) is 5.75 Å². The van der Waals surface area contributed by atoms with Crippen LogP contribution in [0.4, 0.5) is 18.9 Å². The summed E-state index contributed by atoms with van der Waals surface area (Å²) in [6.45, 7) is -0.623. The molecule has 4 rings (SSSR count). The number of halogens is 3. The first-order chi connectivity index (χ1) is 13.6. The Labute approximate surface area is 167 Å². The SMILES string of the molecule is O=C1CN(c2c(O)cc3c(c2F)CC(CCC(F)(F)CC2CC2)CC3)S(=O)(=O)N1. The number of aryl methyl sites for hydroxylation is 1. The number of hydrogen-bond donors (Lipinski definition) is 2. The number of hydrogen-bond acceptors (Lipinski definition) is 4. The fourth-order valence-corrected chi connectivity index (χ4v) is 5.47. The topological polar surface area (TPSA) is 86.7 Å². The monoisotopic (exact) mass is 432 g/mol. The van der Waals surface area contributed by atoms with E-state index >= 15 is 4.39 Å². The molecular formula is C19H23F3N2O4S. The molecule has 0 aromatic heterocycles. The molecule has 160 valence electrons. The van der Waals surface area contributed by atoms with Gasteiger partial charge in [-0.15, -0.1) is 0 Å².